The van der Waals surface area contributed by atoms with Crippen LogP contribution in [0.5, 0.6) is 0 Å². The summed E-state index contributed by atoms with van der Waals surface area (Å²) < 4.78 is 13.3. The third-order valence-electron chi connectivity index (χ3n) is 1.66. The van der Waals surface area contributed by atoms with E-state index in [1.165, 1.54) is 6.07 Å². The van der Waals surface area contributed by atoms with E-state index in [1.54, 1.807) is 6.20 Å². The van der Waals surface area contributed by atoms with Gasteiger partial charge in [0.1, 0.15) is 4.60 Å². The molecular formula is C9H11BrFN. The van der Waals surface area contributed by atoms with Crippen molar-refractivity contribution in [1.29, 1.82) is 0 Å². The molecule has 0 aliphatic heterocycles. The van der Waals surface area contributed by atoms with Crippen LogP contribution < -0.4 is 0 Å². The van der Waals surface area contributed by atoms with Crippen LogP contribution in [0.25, 0.3) is 0 Å². The summed E-state index contributed by atoms with van der Waals surface area (Å²) in [6, 6.07) is 1.51. The van der Waals surface area contributed by atoms with Crippen LogP contribution in [0.4, 0.5) is 4.39 Å². The summed E-state index contributed by atoms with van der Waals surface area (Å²) in [7, 11) is 0. The zero-order valence-electron chi connectivity index (χ0n) is 7.36. The van der Waals surface area contributed by atoms with Crippen molar-refractivity contribution in [2.75, 3.05) is 0 Å². The largest absolute Gasteiger partial charge is 0.246 e. The van der Waals surface area contributed by atoms with E-state index in [9.17, 15) is 4.39 Å². The minimum Gasteiger partial charge on any atom is -0.246 e. The number of hydrogen-bond acceptors (Lipinski definition) is 1. The van der Waals surface area contributed by atoms with Crippen LogP contribution in [0.3, 0.4) is 0 Å². The molecular weight excluding hydrogens is 221 g/mol. The second-order valence-corrected chi connectivity index (χ2v) is 4.50. The molecule has 0 spiro atoms. The van der Waals surface area contributed by atoms with Crippen LogP contribution in [0.1, 0.15) is 26.3 Å². The normalized spacial score (nSPS) is 11.8. The molecule has 0 saturated carbocycles. The molecule has 1 nitrogen and oxygen atoms in total. The summed E-state index contributed by atoms with van der Waals surface area (Å²) in [5.41, 5.74) is 0.859. The average Bonchev–Trinajstić information content (AvgIpc) is 1.92. The maximum absolute atomic E-state index is 13.0. The number of rotatable bonds is 0. The van der Waals surface area contributed by atoms with E-state index in [-0.39, 0.29) is 15.8 Å². The maximum Gasteiger partial charge on any atom is 0.156 e. The summed E-state index contributed by atoms with van der Waals surface area (Å²) in [6.45, 7) is 6.08. The first-order valence-corrected chi connectivity index (χ1v) is 4.52. The predicted molar refractivity (Wildman–Crippen MR) is 50.6 cm³/mol. The van der Waals surface area contributed by atoms with Gasteiger partial charge < -0.3 is 0 Å². The Hall–Kier alpha value is -0.440. The van der Waals surface area contributed by atoms with Crippen molar-refractivity contribution >= 4 is 15.9 Å². The Morgan fingerprint density at radius 3 is 2.42 bits per heavy atom. The molecule has 0 aromatic carbocycles. The predicted octanol–water partition coefficient (Wildman–Crippen LogP) is 3.28. The monoisotopic (exact) mass is 231 g/mol. The zero-order chi connectivity index (χ0) is 9.35. The molecule has 1 heterocycles. The maximum atomic E-state index is 13.0. The summed E-state index contributed by atoms with van der Waals surface area (Å²) in [5.74, 6) is -0.303. The van der Waals surface area contributed by atoms with Gasteiger partial charge in [-0.05, 0) is 33.0 Å². The zero-order valence-corrected chi connectivity index (χ0v) is 8.94. The fourth-order valence-corrected chi connectivity index (χ4v) is 1.05. The Balaban J connectivity index is 3.14. The van der Waals surface area contributed by atoms with Gasteiger partial charge in [-0.3, -0.25) is 0 Å². The van der Waals surface area contributed by atoms with E-state index in [1.807, 2.05) is 20.8 Å². The standard InChI is InChI=1S/C9H11BrFN/c1-9(2,3)6-4-7(11)8(10)12-5-6/h4-5H,1-3H3. The van der Waals surface area contributed by atoms with Crippen molar-refractivity contribution in [2.45, 2.75) is 26.2 Å². The van der Waals surface area contributed by atoms with Gasteiger partial charge in [-0.1, -0.05) is 20.8 Å². The van der Waals surface area contributed by atoms with Gasteiger partial charge in [0.25, 0.3) is 0 Å². The van der Waals surface area contributed by atoms with Crippen molar-refractivity contribution < 1.29 is 4.39 Å². The number of nitrogens with zero attached hydrogens (tertiary/aromatic N) is 1. The van der Waals surface area contributed by atoms with E-state index < -0.39 is 0 Å². The molecule has 0 amide bonds. The van der Waals surface area contributed by atoms with Crippen LogP contribution in [-0.2, 0) is 5.41 Å². The molecule has 0 saturated heterocycles. The summed E-state index contributed by atoms with van der Waals surface area (Å²) >= 11 is 3.01. The van der Waals surface area contributed by atoms with Gasteiger partial charge in [0.15, 0.2) is 5.82 Å². The van der Waals surface area contributed by atoms with Crippen LogP contribution in [0, 0.1) is 5.82 Å². The quantitative estimate of drug-likeness (QED) is 0.625. The van der Waals surface area contributed by atoms with Gasteiger partial charge >= 0.3 is 0 Å². The molecule has 12 heavy (non-hydrogen) atoms. The first-order valence-electron chi connectivity index (χ1n) is 3.73. The Kier molecular flexibility index (Phi) is 2.52. The average molecular weight is 232 g/mol. The molecule has 0 bridgehead atoms. The minimum atomic E-state index is -0.303. The lowest BCUT2D eigenvalue weighted by Crippen LogP contribution is -2.11. The molecule has 1 rings (SSSR count). The first-order chi connectivity index (χ1) is 5.41. The number of hydrogen-bond donors (Lipinski definition) is 0. The molecule has 0 aliphatic carbocycles. The lowest BCUT2D eigenvalue weighted by Gasteiger charge is -2.18. The van der Waals surface area contributed by atoms with Gasteiger partial charge in [0, 0.05) is 6.20 Å². The third-order valence-corrected chi connectivity index (χ3v) is 2.25. The first kappa shape index (κ1) is 9.65. The molecule has 66 valence electrons. The molecule has 0 fully saturated rings. The van der Waals surface area contributed by atoms with E-state index >= 15 is 0 Å². The molecule has 3 heteroatoms. The van der Waals surface area contributed by atoms with Crippen molar-refractivity contribution in [3.05, 3.63) is 28.2 Å². The number of pyridine rings is 1. The number of halogens is 2. The Morgan fingerprint density at radius 2 is 2.00 bits per heavy atom. The van der Waals surface area contributed by atoms with Crippen molar-refractivity contribution in [3.8, 4) is 0 Å². The van der Waals surface area contributed by atoms with Crippen molar-refractivity contribution in [3.63, 3.8) is 0 Å². The van der Waals surface area contributed by atoms with Gasteiger partial charge in [0.05, 0.1) is 0 Å². The van der Waals surface area contributed by atoms with Gasteiger partial charge in [-0.15, -0.1) is 0 Å². The highest BCUT2D eigenvalue weighted by molar-refractivity contribution is 9.10. The summed E-state index contributed by atoms with van der Waals surface area (Å²) in [5, 5.41) is 0. The van der Waals surface area contributed by atoms with Crippen LogP contribution in [0.2, 0.25) is 0 Å². The lowest BCUT2D eigenvalue weighted by molar-refractivity contribution is 0.562. The Morgan fingerprint density at radius 1 is 1.42 bits per heavy atom. The van der Waals surface area contributed by atoms with Crippen molar-refractivity contribution in [2.24, 2.45) is 0 Å². The molecule has 1 aromatic heterocycles. The smallest absolute Gasteiger partial charge is 0.156 e. The second kappa shape index (κ2) is 3.13. The minimum absolute atomic E-state index is 0.0471. The Bertz CT molecular complexity index is 291. The molecule has 0 aliphatic rings. The van der Waals surface area contributed by atoms with Gasteiger partial charge in [-0.2, -0.15) is 0 Å². The molecule has 1 aromatic rings. The van der Waals surface area contributed by atoms with E-state index in [4.69, 9.17) is 0 Å². The van der Waals surface area contributed by atoms with E-state index in [0.29, 0.717) is 0 Å². The van der Waals surface area contributed by atoms with Gasteiger partial charge in [-0.25, -0.2) is 9.37 Å². The fourth-order valence-electron chi connectivity index (χ4n) is 0.831. The van der Waals surface area contributed by atoms with Crippen LogP contribution >= 0.6 is 15.9 Å². The Labute approximate surface area is 80.1 Å². The molecule has 0 N–H and O–H groups in total. The van der Waals surface area contributed by atoms with Gasteiger partial charge in [0.2, 0.25) is 0 Å². The van der Waals surface area contributed by atoms with Crippen LogP contribution in [0.15, 0.2) is 16.9 Å². The lowest BCUT2D eigenvalue weighted by atomic mass is 9.88. The van der Waals surface area contributed by atoms with E-state index in [0.717, 1.165) is 5.56 Å². The summed E-state index contributed by atoms with van der Waals surface area (Å²) in [6.07, 6.45) is 1.69. The van der Waals surface area contributed by atoms with E-state index in [2.05, 4.69) is 20.9 Å². The molecule has 0 radical (unpaired) electrons. The summed E-state index contributed by atoms with van der Waals surface area (Å²) in [4.78, 5) is 3.89. The highest BCUT2D eigenvalue weighted by Gasteiger charge is 2.15. The number of aromatic nitrogens is 1. The SMILES string of the molecule is CC(C)(C)c1cnc(Br)c(F)c1. The topological polar surface area (TPSA) is 12.9 Å². The third kappa shape index (κ3) is 2.03. The molecule has 0 atom stereocenters. The highest BCUT2D eigenvalue weighted by Crippen LogP contribution is 2.23. The highest BCUT2D eigenvalue weighted by atomic mass is 79.9. The molecule has 0 unspecified atom stereocenters. The fraction of sp³-hybridized carbons (Fsp3) is 0.444. The van der Waals surface area contributed by atoms with Crippen molar-refractivity contribution in [1.82, 2.24) is 4.98 Å². The second-order valence-electron chi connectivity index (χ2n) is 3.75. The van der Waals surface area contributed by atoms with Crippen LogP contribution in [-0.4, -0.2) is 4.98 Å².